The highest BCUT2D eigenvalue weighted by atomic mass is 32.2. The molecule has 0 aromatic heterocycles. The molecule has 0 atom stereocenters. The number of benzene rings is 3. The summed E-state index contributed by atoms with van der Waals surface area (Å²) in [4.78, 5) is 35.7. The summed E-state index contributed by atoms with van der Waals surface area (Å²) in [5.74, 6) is -1.51. The second-order valence-electron chi connectivity index (χ2n) is 7.67. The highest BCUT2D eigenvalue weighted by Crippen LogP contribution is 2.14. The fourth-order valence-corrected chi connectivity index (χ4v) is 4.16. The summed E-state index contributed by atoms with van der Waals surface area (Å²) in [6, 6.07) is 17.6. The lowest BCUT2D eigenvalue weighted by Gasteiger charge is -2.10. The first kappa shape index (κ1) is 25.7. The predicted molar refractivity (Wildman–Crippen MR) is 129 cm³/mol. The van der Waals surface area contributed by atoms with Crippen LogP contribution in [0.5, 0.6) is 0 Å². The number of amides is 2. The Morgan fingerprint density at radius 3 is 2.29 bits per heavy atom. The van der Waals surface area contributed by atoms with Crippen LogP contribution in [0.4, 0.5) is 10.1 Å². The minimum absolute atomic E-state index is 0.0000106. The number of anilines is 1. The SMILES string of the molecule is CC(=O)c1ccc(S(=O)(=O)NCCC(=O)NCc2cccc(NC(=O)c3cccc(F)c3)c2)cc1. The maximum atomic E-state index is 13.3. The Balaban J connectivity index is 1.47. The van der Waals surface area contributed by atoms with E-state index in [2.05, 4.69) is 15.4 Å². The lowest BCUT2D eigenvalue weighted by atomic mass is 10.1. The van der Waals surface area contributed by atoms with E-state index in [1.807, 2.05) is 0 Å². The smallest absolute Gasteiger partial charge is 0.255 e. The molecule has 3 aromatic rings. The van der Waals surface area contributed by atoms with Gasteiger partial charge in [-0.15, -0.1) is 0 Å². The van der Waals surface area contributed by atoms with Gasteiger partial charge in [0.05, 0.1) is 4.90 Å². The van der Waals surface area contributed by atoms with Crippen molar-refractivity contribution in [3.05, 3.63) is 95.3 Å². The molecule has 182 valence electrons. The van der Waals surface area contributed by atoms with E-state index < -0.39 is 21.7 Å². The van der Waals surface area contributed by atoms with E-state index in [0.717, 1.165) is 6.07 Å². The molecule has 3 aromatic carbocycles. The maximum Gasteiger partial charge on any atom is 0.255 e. The topological polar surface area (TPSA) is 121 Å². The summed E-state index contributed by atoms with van der Waals surface area (Å²) >= 11 is 0. The van der Waals surface area contributed by atoms with E-state index in [1.54, 1.807) is 24.3 Å². The zero-order chi connectivity index (χ0) is 25.4. The third-order valence-corrected chi connectivity index (χ3v) is 6.45. The van der Waals surface area contributed by atoms with Crippen molar-refractivity contribution in [1.29, 1.82) is 0 Å². The van der Waals surface area contributed by atoms with Gasteiger partial charge >= 0.3 is 0 Å². The summed E-state index contributed by atoms with van der Waals surface area (Å²) in [5.41, 5.74) is 1.78. The molecular formula is C25H24FN3O5S. The fourth-order valence-electron chi connectivity index (χ4n) is 3.13. The first-order valence-electron chi connectivity index (χ1n) is 10.7. The zero-order valence-electron chi connectivity index (χ0n) is 18.9. The van der Waals surface area contributed by atoms with Gasteiger partial charge in [0, 0.05) is 36.3 Å². The van der Waals surface area contributed by atoms with Gasteiger partial charge in [-0.2, -0.15) is 0 Å². The van der Waals surface area contributed by atoms with Gasteiger partial charge in [0.2, 0.25) is 15.9 Å². The minimum Gasteiger partial charge on any atom is -0.352 e. The Morgan fingerprint density at radius 2 is 1.60 bits per heavy atom. The lowest BCUT2D eigenvalue weighted by molar-refractivity contribution is -0.121. The van der Waals surface area contributed by atoms with Gasteiger partial charge < -0.3 is 10.6 Å². The van der Waals surface area contributed by atoms with Crippen LogP contribution in [0.25, 0.3) is 0 Å². The molecule has 0 aliphatic heterocycles. The van der Waals surface area contributed by atoms with Crippen LogP contribution in [0.15, 0.2) is 77.7 Å². The van der Waals surface area contributed by atoms with Gasteiger partial charge in [-0.1, -0.05) is 30.3 Å². The Labute approximate surface area is 202 Å². The van der Waals surface area contributed by atoms with Crippen molar-refractivity contribution in [3.63, 3.8) is 0 Å². The van der Waals surface area contributed by atoms with E-state index in [0.29, 0.717) is 16.8 Å². The van der Waals surface area contributed by atoms with Gasteiger partial charge in [-0.25, -0.2) is 17.5 Å². The van der Waals surface area contributed by atoms with Crippen molar-refractivity contribution in [2.75, 3.05) is 11.9 Å². The van der Waals surface area contributed by atoms with Crippen LogP contribution in [0.3, 0.4) is 0 Å². The van der Waals surface area contributed by atoms with Gasteiger partial charge in [0.15, 0.2) is 5.78 Å². The first-order valence-corrected chi connectivity index (χ1v) is 12.2. The monoisotopic (exact) mass is 497 g/mol. The molecule has 35 heavy (non-hydrogen) atoms. The maximum absolute atomic E-state index is 13.3. The number of nitrogens with one attached hydrogen (secondary N) is 3. The zero-order valence-corrected chi connectivity index (χ0v) is 19.7. The van der Waals surface area contributed by atoms with Crippen LogP contribution in [0.1, 0.15) is 39.6 Å². The molecule has 8 nitrogen and oxygen atoms in total. The number of hydrogen-bond donors (Lipinski definition) is 3. The van der Waals surface area contributed by atoms with Crippen LogP contribution in [0, 0.1) is 5.82 Å². The summed E-state index contributed by atoms with van der Waals surface area (Å²) in [6.07, 6.45) is -0.0826. The van der Waals surface area contributed by atoms with E-state index >= 15 is 0 Å². The molecule has 0 heterocycles. The Bertz CT molecular complexity index is 1340. The quantitative estimate of drug-likeness (QED) is 0.371. The van der Waals surface area contributed by atoms with Gasteiger partial charge in [-0.05, 0) is 55.0 Å². The largest absolute Gasteiger partial charge is 0.352 e. The Hall–Kier alpha value is -3.89. The molecule has 10 heteroatoms. The highest BCUT2D eigenvalue weighted by molar-refractivity contribution is 7.89. The second-order valence-corrected chi connectivity index (χ2v) is 9.44. The Kier molecular flexibility index (Phi) is 8.45. The van der Waals surface area contributed by atoms with Crippen molar-refractivity contribution in [1.82, 2.24) is 10.0 Å². The molecule has 0 radical (unpaired) electrons. The normalized spacial score (nSPS) is 11.0. The second kappa shape index (κ2) is 11.5. The molecule has 0 aliphatic rings. The summed E-state index contributed by atoms with van der Waals surface area (Å²) in [5, 5.41) is 5.37. The van der Waals surface area contributed by atoms with Crippen molar-refractivity contribution in [3.8, 4) is 0 Å². The fraction of sp³-hybridized carbons (Fsp3) is 0.160. The number of halogens is 1. The summed E-state index contributed by atoms with van der Waals surface area (Å²) < 4.78 is 40.3. The molecule has 0 saturated carbocycles. The average molecular weight is 498 g/mol. The molecule has 2 amide bonds. The van der Waals surface area contributed by atoms with Crippen molar-refractivity contribution in [2.24, 2.45) is 0 Å². The number of carbonyl (C=O) groups excluding carboxylic acids is 3. The molecular weight excluding hydrogens is 473 g/mol. The van der Waals surface area contributed by atoms with Crippen LogP contribution >= 0.6 is 0 Å². The number of ketones is 1. The number of carbonyl (C=O) groups is 3. The van der Waals surface area contributed by atoms with Crippen molar-refractivity contribution < 1.29 is 27.2 Å². The van der Waals surface area contributed by atoms with Gasteiger partial charge in [0.25, 0.3) is 5.91 Å². The molecule has 3 rings (SSSR count). The number of sulfonamides is 1. The predicted octanol–water partition coefficient (Wildman–Crippen LogP) is 3.27. The van der Waals surface area contributed by atoms with E-state index in [9.17, 15) is 27.2 Å². The lowest BCUT2D eigenvalue weighted by Crippen LogP contribution is -2.30. The summed E-state index contributed by atoms with van der Waals surface area (Å²) in [6.45, 7) is 1.45. The van der Waals surface area contributed by atoms with Crippen molar-refractivity contribution in [2.45, 2.75) is 24.8 Å². The van der Waals surface area contributed by atoms with Gasteiger partial charge in [-0.3, -0.25) is 14.4 Å². The van der Waals surface area contributed by atoms with Crippen LogP contribution in [-0.2, 0) is 21.4 Å². The van der Waals surface area contributed by atoms with Crippen LogP contribution < -0.4 is 15.4 Å². The van der Waals surface area contributed by atoms with Crippen LogP contribution in [-0.4, -0.2) is 32.6 Å². The third kappa shape index (κ3) is 7.56. The van der Waals surface area contributed by atoms with Gasteiger partial charge in [0.1, 0.15) is 5.82 Å². The number of Topliss-reactive ketones (excluding diaryl/α,β-unsaturated/α-hetero) is 1. The molecule has 0 unspecified atom stereocenters. The van der Waals surface area contributed by atoms with E-state index in [1.165, 1.54) is 49.4 Å². The Morgan fingerprint density at radius 1 is 0.886 bits per heavy atom. The van der Waals surface area contributed by atoms with Crippen molar-refractivity contribution >= 4 is 33.3 Å². The molecule has 0 spiro atoms. The van der Waals surface area contributed by atoms with E-state index in [-0.39, 0.29) is 41.7 Å². The molecule has 0 fully saturated rings. The first-order chi connectivity index (χ1) is 16.6. The van der Waals surface area contributed by atoms with Crippen LogP contribution in [0.2, 0.25) is 0 Å². The molecule has 3 N–H and O–H groups in total. The van der Waals surface area contributed by atoms with E-state index in [4.69, 9.17) is 0 Å². The standard InChI is InChI=1S/C25H24FN3O5S/c1-17(30)19-8-10-23(11-9-19)35(33,34)28-13-12-24(31)27-16-18-4-2-7-22(14-18)29-25(32)20-5-3-6-21(26)15-20/h2-11,14-15,28H,12-13,16H2,1H3,(H,27,31)(H,29,32). The number of rotatable bonds is 10. The third-order valence-electron chi connectivity index (χ3n) is 4.98. The molecule has 0 bridgehead atoms. The highest BCUT2D eigenvalue weighted by Gasteiger charge is 2.15. The average Bonchev–Trinajstić information content (AvgIpc) is 2.83. The molecule has 0 aliphatic carbocycles. The minimum atomic E-state index is -3.81. The molecule has 0 saturated heterocycles. The summed E-state index contributed by atoms with van der Waals surface area (Å²) in [7, 11) is -3.81. The number of hydrogen-bond acceptors (Lipinski definition) is 5.